The zero-order valence-electron chi connectivity index (χ0n) is 16.5. The summed E-state index contributed by atoms with van der Waals surface area (Å²) in [6.45, 7) is 5.29. The molecule has 2 aromatic carbocycles. The molecule has 0 saturated heterocycles. The van der Waals surface area contributed by atoms with Gasteiger partial charge < -0.3 is 5.32 Å². The number of nitrogens with one attached hydrogen (secondary N) is 1. The molecular formula is C21H22N4O3S. The van der Waals surface area contributed by atoms with Crippen LogP contribution in [0, 0.1) is 29.9 Å². The number of para-hydroxylation sites is 1. The fourth-order valence-corrected chi connectivity index (χ4v) is 3.92. The van der Waals surface area contributed by atoms with Crippen LogP contribution in [0.25, 0.3) is 0 Å². The highest BCUT2D eigenvalue weighted by Crippen LogP contribution is 2.33. The molecule has 0 saturated carbocycles. The van der Waals surface area contributed by atoms with Crippen LogP contribution in [0.4, 0.5) is 11.4 Å². The van der Waals surface area contributed by atoms with E-state index in [9.17, 15) is 14.9 Å². The maximum atomic E-state index is 12.8. The number of aromatic nitrogens is 2. The molecule has 7 nitrogen and oxygen atoms in total. The van der Waals surface area contributed by atoms with Gasteiger partial charge in [-0.25, -0.2) is 0 Å². The van der Waals surface area contributed by atoms with Gasteiger partial charge >= 0.3 is 5.69 Å². The lowest BCUT2D eigenvalue weighted by atomic mass is 10.1. The van der Waals surface area contributed by atoms with Crippen LogP contribution < -0.4 is 5.32 Å². The largest absolute Gasteiger partial charge is 0.325 e. The Hall–Kier alpha value is -3.13. The van der Waals surface area contributed by atoms with Gasteiger partial charge in [0, 0.05) is 9.79 Å². The second kappa shape index (κ2) is 8.91. The van der Waals surface area contributed by atoms with Crippen molar-refractivity contribution in [2.24, 2.45) is 5.92 Å². The minimum Gasteiger partial charge on any atom is -0.325 e. The summed E-state index contributed by atoms with van der Waals surface area (Å²) < 4.78 is 1.53. The Kier molecular flexibility index (Phi) is 6.33. The third kappa shape index (κ3) is 4.83. The second-order valence-corrected chi connectivity index (χ2v) is 7.88. The fraction of sp³-hybridized carbons (Fsp3) is 0.238. The molecular weight excluding hydrogens is 388 g/mol. The van der Waals surface area contributed by atoms with Crippen molar-refractivity contribution in [2.45, 2.75) is 37.1 Å². The Morgan fingerprint density at radius 1 is 1.17 bits per heavy atom. The van der Waals surface area contributed by atoms with Crippen LogP contribution in [0.3, 0.4) is 0 Å². The number of hydrogen-bond acceptors (Lipinski definition) is 5. The van der Waals surface area contributed by atoms with Crippen LogP contribution >= 0.6 is 11.8 Å². The lowest BCUT2D eigenvalue weighted by Crippen LogP contribution is -2.25. The van der Waals surface area contributed by atoms with Crippen LogP contribution in [-0.4, -0.2) is 20.6 Å². The molecule has 1 atom stereocenters. The molecule has 0 aliphatic heterocycles. The van der Waals surface area contributed by atoms with E-state index in [0.29, 0.717) is 11.4 Å². The summed E-state index contributed by atoms with van der Waals surface area (Å²) in [5, 5.41) is 18.4. The van der Waals surface area contributed by atoms with Crippen molar-refractivity contribution in [3.05, 3.63) is 76.1 Å². The molecule has 0 bridgehead atoms. The number of aryl methyl sites for hydroxylation is 1. The molecule has 0 aliphatic carbocycles. The maximum Gasteiger partial charge on any atom is 0.312 e. The molecule has 150 valence electrons. The summed E-state index contributed by atoms with van der Waals surface area (Å²) in [6.07, 6.45) is 0. The van der Waals surface area contributed by atoms with Crippen LogP contribution in [0.2, 0.25) is 0 Å². The van der Waals surface area contributed by atoms with Gasteiger partial charge in [-0.2, -0.15) is 5.10 Å². The number of rotatable bonds is 7. The minimum absolute atomic E-state index is 0.00205. The lowest BCUT2D eigenvalue weighted by molar-refractivity contribution is -0.386. The summed E-state index contributed by atoms with van der Waals surface area (Å²) in [5.74, 6) is -0.580. The smallest absolute Gasteiger partial charge is 0.312 e. The van der Waals surface area contributed by atoms with Crippen LogP contribution in [0.5, 0.6) is 0 Å². The van der Waals surface area contributed by atoms with Crippen molar-refractivity contribution < 1.29 is 9.72 Å². The predicted molar refractivity (Wildman–Crippen MR) is 113 cm³/mol. The highest BCUT2D eigenvalue weighted by molar-refractivity contribution is 7.99. The van der Waals surface area contributed by atoms with Gasteiger partial charge in [0.1, 0.15) is 11.4 Å². The summed E-state index contributed by atoms with van der Waals surface area (Å²) in [7, 11) is 0. The van der Waals surface area contributed by atoms with E-state index in [1.807, 2.05) is 54.6 Å². The molecule has 29 heavy (non-hydrogen) atoms. The normalized spacial score (nSPS) is 11.8. The van der Waals surface area contributed by atoms with Crippen molar-refractivity contribution in [3.8, 4) is 0 Å². The molecule has 1 unspecified atom stereocenters. The molecule has 1 heterocycles. The molecule has 1 aromatic heterocycles. The van der Waals surface area contributed by atoms with Gasteiger partial charge in [-0.05, 0) is 38.1 Å². The van der Waals surface area contributed by atoms with E-state index in [2.05, 4.69) is 10.4 Å². The Morgan fingerprint density at radius 2 is 1.83 bits per heavy atom. The zero-order chi connectivity index (χ0) is 21.0. The van der Waals surface area contributed by atoms with E-state index in [-0.39, 0.29) is 18.1 Å². The number of amides is 1. The van der Waals surface area contributed by atoms with Gasteiger partial charge in [0.05, 0.1) is 23.1 Å². The van der Waals surface area contributed by atoms with Crippen molar-refractivity contribution in [1.29, 1.82) is 0 Å². The average molecular weight is 410 g/mol. The molecule has 0 aliphatic rings. The van der Waals surface area contributed by atoms with Crippen molar-refractivity contribution >= 4 is 29.0 Å². The third-order valence-electron chi connectivity index (χ3n) is 4.54. The van der Waals surface area contributed by atoms with Crippen molar-refractivity contribution in [1.82, 2.24) is 9.78 Å². The van der Waals surface area contributed by atoms with Crippen LogP contribution in [-0.2, 0) is 11.3 Å². The maximum absolute atomic E-state index is 12.8. The van der Waals surface area contributed by atoms with Gasteiger partial charge in [0.25, 0.3) is 0 Å². The van der Waals surface area contributed by atoms with E-state index in [0.717, 1.165) is 15.5 Å². The monoisotopic (exact) mass is 410 g/mol. The van der Waals surface area contributed by atoms with E-state index in [1.165, 1.54) is 4.68 Å². The quantitative estimate of drug-likeness (QED) is 0.445. The first-order valence-electron chi connectivity index (χ1n) is 9.18. The van der Waals surface area contributed by atoms with Crippen LogP contribution in [0.15, 0.2) is 64.4 Å². The molecule has 3 aromatic rings. The Morgan fingerprint density at radius 3 is 2.48 bits per heavy atom. The summed E-state index contributed by atoms with van der Waals surface area (Å²) in [5.41, 5.74) is 1.54. The Bertz CT molecular complexity index is 1030. The van der Waals surface area contributed by atoms with E-state index in [1.54, 1.807) is 32.5 Å². The molecule has 0 fully saturated rings. The average Bonchev–Trinajstić information content (AvgIpc) is 2.97. The van der Waals surface area contributed by atoms with Gasteiger partial charge in [-0.3, -0.25) is 19.6 Å². The SMILES string of the molecule is Cc1nn(CC(C)C(=O)Nc2ccccc2Sc2ccccc2)c(C)c1[N+](=O)[O-]. The Balaban J connectivity index is 1.72. The number of benzene rings is 2. The van der Waals surface area contributed by atoms with Gasteiger partial charge in [-0.15, -0.1) is 0 Å². The molecule has 3 rings (SSSR count). The standard InChI is InChI=1S/C21H22N4O3S/c1-14(13-24-16(3)20(25(27)28)15(2)23-24)21(26)22-18-11-7-8-12-19(18)29-17-9-5-4-6-10-17/h4-12,14H,13H2,1-3H3,(H,22,26). The molecule has 1 N–H and O–H groups in total. The summed E-state index contributed by atoms with van der Waals surface area (Å²) in [6, 6.07) is 17.6. The first-order chi connectivity index (χ1) is 13.9. The van der Waals surface area contributed by atoms with Gasteiger partial charge in [-0.1, -0.05) is 49.0 Å². The third-order valence-corrected chi connectivity index (χ3v) is 5.62. The molecule has 8 heteroatoms. The number of carbonyl (C=O) groups excluding carboxylic acids is 1. The minimum atomic E-state index is -0.435. The number of nitrogens with zero attached hydrogens (tertiary/aromatic N) is 3. The summed E-state index contributed by atoms with van der Waals surface area (Å²) in [4.78, 5) is 25.5. The predicted octanol–water partition coefficient (Wildman–Crippen LogP) is 4.83. The number of carbonyl (C=O) groups is 1. The number of nitro groups is 1. The highest BCUT2D eigenvalue weighted by Gasteiger charge is 2.24. The van der Waals surface area contributed by atoms with Gasteiger partial charge in [0.15, 0.2) is 0 Å². The van der Waals surface area contributed by atoms with Crippen molar-refractivity contribution in [2.75, 3.05) is 5.32 Å². The highest BCUT2D eigenvalue weighted by atomic mass is 32.2. The van der Waals surface area contributed by atoms with Gasteiger partial charge in [0.2, 0.25) is 5.91 Å². The van der Waals surface area contributed by atoms with Crippen molar-refractivity contribution in [3.63, 3.8) is 0 Å². The molecule has 0 spiro atoms. The van der Waals surface area contributed by atoms with E-state index >= 15 is 0 Å². The van der Waals surface area contributed by atoms with E-state index in [4.69, 9.17) is 0 Å². The molecule has 0 radical (unpaired) electrons. The second-order valence-electron chi connectivity index (χ2n) is 6.76. The number of anilines is 1. The first kappa shape index (κ1) is 20.6. The topological polar surface area (TPSA) is 90.1 Å². The number of hydrogen-bond donors (Lipinski definition) is 1. The lowest BCUT2D eigenvalue weighted by Gasteiger charge is -2.15. The summed E-state index contributed by atoms with van der Waals surface area (Å²) >= 11 is 1.58. The first-order valence-corrected chi connectivity index (χ1v) is 9.99. The molecule has 1 amide bonds. The Labute approximate surface area is 173 Å². The van der Waals surface area contributed by atoms with Crippen LogP contribution in [0.1, 0.15) is 18.3 Å². The zero-order valence-corrected chi connectivity index (χ0v) is 17.3. The fourth-order valence-electron chi connectivity index (χ4n) is 3.00. The van der Waals surface area contributed by atoms with E-state index < -0.39 is 10.8 Å².